The summed E-state index contributed by atoms with van der Waals surface area (Å²) >= 11 is 6.24. The van der Waals surface area contributed by atoms with Crippen molar-refractivity contribution in [3.8, 4) is 0 Å². The molecule has 2 heterocycles. The SMILES string of the molecule is Clc1cccc2ncn(C3CCCNC3)c12. The average Bonchev–Trinajstić information content (AvgIpc) is 2.75. The van der Waals surface area contributed by atoms with Gasteiger partial charge in [-0.2, -0.15) is 0 Å². The Hall–Kier alpha value is -1.06. The van der Waals surface area contributed by atoms with Gasteiger partial charge in [0.05, 0.1) is 22.4 Å². The highest BCUT2D eigenvalue weighted by molar-refractivity contribution is 6.34. The third kappa shape index (κ3) is 1.60. The van der Waals surface area contributed by atoms with Gasteiger partial charge in [0.25, 0.3) is 0 Å². The molecule has 0 radical (unpaired) electrons. The molecule has 3 rings (SSSR count). The van der Waals surface area contributed by atoms with Crippen LogP contribution in [-0.2, 0) is 0 Å². The van der Waals surface area contributed by atoms with Crippen LogP contribution in [-0.4, -0.2) is 22.6 Å². The van der Waals surface area contributed by atoms with E-state index in [2.05, 4.69) is 14.9 Å². The van der Waals surface area contributed by atoms with E-state index in [1.54, 1.807) is 0 Å². The third-order valence-electron chi connectivity index (χ3n) is 3.21. The lowest BCUT2D eigenvalue weighted by Gasteiger charge is -2.24. The number of hydrogen-bond donors (Lipinski definition) is 1. The molecule has 84 valence electrons. The van der Waals surface area contributed by atoms with E-state index in [0.717, 1.165) is 29.1 Å². The second kappa shape index (κ2) is 4.07. The first-order valence-corrected chi connectivity index (χ1v) is 6.06. The zero-order valence-corrected chi connectivity index (χ0v) is 9.74. The number of piperidine rings is 1. The van der Waals surface area contributed by atoms with Crippen LogP contribution in [0.3, 0.4) is 0 Å². The fourth-order valence-electron chi connectivity index (χ4n) is 2.39. The van der Waals surface area contributed by atoms with Gasteiger partial charge >= 0.3 is 0 Å². The summed E-state index contributed by atoms with van der Waals surface area (Å²) in [7, 11) is 0. The normalized spacial score (nSPS) is 21.4. The molecule has 2 aromatic rings. The van der Waals surface area contributed by atoms with Gasteiger partial charge in [-0.25, -0.2) is 4.98 Å². The number of hydrogen-bond acceptors (Lipinski definition) is 2. The lowest BCUT2D eigenvalue weighted by Crippen LogP contribution is -2.31. The van der Waals surface area contributed by atoms with Crippen molar-refractivity contribution in [2.45, 2.75) is 18.9 Å². The first-order chi connectivity index (χ1) is 7.86. The second-order valence-electron chi connectivity index (χ2n) is 4.26. The minimum absolute atomic E-state index is 0.485. The van der Waals surface area contributed by atoms with Crippen molar-refractivity contribution in [3.05, 3.63) is 29.5 Å². The Morgan fingerprint density at radius 2 is 2.38 bits per heavy atom. The number of para-hydroxylation sites is 1. The molecular formula is C12H14ClN3. The predicted molar refractivity (Wildman–Crippen MR) is 65.9 cm³/mol. The Bertz CT molecular complexity index is 500. The highest BCUT2D eigenvalue weighted by Gasteiger charge is 2.17. The summed E-state index contributed by atoms with van der Waals surface area (Å²) in [4.78, 5) is 4.41. The van der Waals surface area contributed by atoms with Gasteiger partial charge in [-0.05, 0) is 31.5 Å². The first-order valence-electron chi connectivity index (χ1n) is 5.68. The van der Waals surface area contributed by atoms with E-state index in [9.17, 15) is 0 Å². The summed E-state index contributed by atoms with van der Waals surface area (Å²) in [6, 6.07) is 6.37. The number of benzene rings is 1. The molecule has 1 N–H and O–H groups in total. The van der Waals surface area contributed by atoms with Crippen molar-refractivity contribution in [3.63, 3.8) is 0 Å². The molecule has 0 spiro atoms. The molecule has 1 saturated heterocycles. The molecule has 1 aromatic heterocycles. The van der Waals surface area contributed by atoms with Crippen LogP contribution in [0.25, 0.3) is 11.0 Å². The Morgan fingerprint density at radius 3 is 3.19 bits per heavy atom. The molecule has 1 unspecified atom stereocenters. The zero-order chi connectivity index (χ0) is 11.0. The molecule has 16 heavy (non-hydrogen) atoms. The van der Waals surface area contributed by atoms with Gasteiger partial charge in [-0.1, -0.05) is 17.7 Å². The third-order valence-corrected chi connectivity index (χ3v) is 3.51. The summed E-state index contributed by atoms with van der Waals surface area (Å²) < 4.78 is 2.21. The van der Waals surface area contributed by atoms with Crippen LogP contribution in [0.4, 0.5) is 0 Å². The Kier molecular flexibility index (Phi) is 2.58. The standard InChI is InChI=1S/C12H14ClN3/c13-10-4-1-5-11-12(10)16(8-15-11)9-3-2-6-14-7-9/h1,4-5,8-9,14H,2-3,6-7H2. The van der Waals surface area contributed by atoms with E-state index in [-0.39, 0.29) is 0 Å². The smallest absolute Gasteiger partial charge is 0.0961 e. The number of rotatable bonds is 1. The summed E-state index contributed by atoms with van der Waals surface area (Å²) in [5, 5.41) is 4.21. The molecule has 0 bridgehead atoms. The van der Waals surface area contributed by atoms with E-state index in [0.29, 0.717) is 6.04 Å². The van der Waals surface area contributed by atoms with Crippen LogP contribution < -0.4 is 5.32 Å². The lowest BCUT2D eigenvalue weighted by atomic mass is 10.1. The van der Waals surface area contributed by atoms with Gasteiger partial charge in [0.15, 0.2) is 0 Å². The van der Waals surface area contributed by atoms with Crippen molar-refractivity contribution in [2.24, 2.45) is 0 Å². The summed E-state index contributed by atoms with van der Waals surface area (Å²) in [5.41, 5.74) is 2.05. The monoisotopic (exact) mass is 235 g/mol. The van der Waals surface area contributed by atoms with Crippen LogP contribution in [0.2, 0.25) is 5.02 Å². The summed E-state index contributed by atoms with van der Waals surface area (Å²) in [6.07, 6.45) is 4.33. The highest BCUT2D eigenvalue weighted by atomic mass is 35.5. The Morgan fingerprint density at radius 1 is 1.44 bits per heavy atom. The quantitative estimate of drug-likeness (QED) is 0.824. The highest BCUT2D eigenvalue weighted by Crippen LogP contribution is 2.27. The second-order valence-corrected chi connectivity index (χ2v) is 4.67. The molecule has 1 aromatic carbocycles. The molecule has 1 aliphatic rings. The molecule has 0 amide bonds. The molecule has 1 aliphatic heterocycles. The van der Waals surface area contributed by atoms with Crippen LogP contribution in [0, 0.1) is 0 Å². The number of nitrogens with one attached hydrogen (secondary N) is 1. The van der Waals surface area contributed by atoms with Crippen molar-refractivity contribution in [1.29, 1.82) is 0 Å². The minimum atomic E-state index is 0.485. The molecule has 3 nitrogen and oxygen atoms in total. The van der Waals surface area contributed by atoms with Crippen molar-refractivity contribution < 1.29 is 0 Å². The van der Waals surface area contributed by atoms with Crippen LogP contribution in [0.15, 0.2) is 24.5 Å². The predicted octanol–water partition coefficient (Wildman–Crippen LogP) is 2.61. The lowest BCUT2D eigenvalue weighted by molar-refractivity contribution is 0.378. The van der Waals surface area contributed by atoms with Crippen LogP contribution in [0.5, 0.6) is 0 Å². The number of halogens is 1. The van der Waals surface area contributed by atoms with E-state index in [4.69, 9.17) is 11.6 Å². The average molecular weight is 236 g/mol. The number of imidazole rings is 1. The van der Waals surface area contributed by atoms with E-state index in [1.165, 1.54) is 12.8 Å². The minimum Gasteiger partial charge on any atom is -0.325 e. The van der Waals surface area contributed by atoms with Gasteiger partial charge in [0.1, 0.15) is 0 Å². The Labute approximate surface area is 99.4 Å². The van der Waals surface area contributed by atoms with Gasteiger partial charge in [0.2, 0.25) is 0 Å². The van der Waals surface area contributed by atoms with Crippen LogP contribution >= 0.6 is 11.6 Å². The van der Waals surface area contributed by atoms with E-state index in [1.807, 2.05) is 24.5 Å². The van der Waals surface area contributed by atoms with Crippen molar-refractivity contribution >= 4 is 22.6 Å². The first kappa shape index (κ1) is 10.1. The van der Waals surface area contributed by atoms with Crippen molar-refractivity contribution in [2.75, 3.05) is 13.1 Å². The van der Waals surface area contributed by atoms with Gasteiger partial charge in [-0.3, -0.25) is 0 Å². The maximum Gasteiger partial charge on any atom is 0.0961 e. The number of nitrogens with zero attached hydrogens (tertiary/aromatic N) is 2. The molecule has 0 aliphatic carbocycles. The molecular weight excluding hydrogens is 222 g/mol. The maximum atomic E-state index is 6.24. The maximum absolute atomic E-state index is 6.24. The fourth-order valence-corrected chi connectivity index (χ4v) is 2.66. The van der Waals surface area contributed by atoms with Gasteiger partial charge < -0.3 is 9.88 Å². The fraction of sp³-hybridized carbons (Fsp3) is 0.417. The van der Waals surface area contributed by atoms with Crippen LogP contribution in [0.1, 0.15) is 18.9 Å². The number of aromatic nitrogens is 2. The van der Waals surface area contributed by atoms with E-state index >= 15 is 0 Å². The molecule has 0 saturated carbocycles. The number of fused-ring (bicyclic) bond motifs is 1. The van der Waals surface area contributed by atoms with Gasteiger partial charge in [-0.15, -0.1) is 0 Å². The summed E-state index contributed by atoms with van der Waals surface area (Å²) in [6.45, 7) is 2.13. The van der Waals surface area contributed by atoms with Crippen molar-refractivity contribution in [1.82, 2.24) is 14.9 Å². The largest absolute Gasteiger partial charge is 0.325 e. The Balaban J connectivity index is 2.09. The molecule has 1 fully saturated rings. The molecule has 4 heteroatoms. The van der Waals surface area contributed by atoms with E-state index < -0.39 is 0 Å². The molecule has 1 atom stereocenters. The summed E-state index contributed by atoms with van der Waals surface area (Å²) in [5.74, 6) is 0. The topological polar surface area (TPSA) is 29.9 Å². The van der Waals surface area contributed by atoms with Gasteiger partial charge in [0, 0.05) is 12.6 Å². The zero-order valence-electron chi connectivity index (χ0n) is 8.99.